The molecule has 0 atom stereocenters. The van der Waals surface area contributed by atoms with Crippen molar-refractivity contribution in [2.45, 2.75) is 0 Å². The number of nitrogens with zero attached hydrogens (tertiary/aromatic N) is 2. The van der Waals surface area contributed by atoms with Gasteiger partial charge in [-0.3, -0.25) is 9.78 Å². The Morgan fingerprint density at radius 3 is 2.53 bits per heavy atom. The van der Waals surface area contributed by atoms with Crippen LogP contribution in [0.15, 0.2) is 72.4 Å². The van der Waals surface area contributed by atoms with E-state index in [0.29, 0.717) is 22.7 Å². The molecule has 0 saturated carbocycles. The van der Waals surface area contributed by atoms with E-state index in [9.17, 15) is 4.79 Å². The predicted octanol–water partition coefficient (Wildman–Crippen LogP) is 4.93. The van der Waals surface area contributed by atoms with Crippen LogP contribution in [0, 0.1) is 0 Å². The van der Waals surface area contributed by atoms with Crippen LogP contribution in [0.1, 0.15) is 10.4 Å². The number of nitrogens with one attached hydrogen (secondary N) is 2. The number of ether oxygens (including phenoxy) is 2. The normalized spacial score (nSPS) is 11.9. The molecule has 4 aromatic rings. The summed E-state index contributed by atoms with van der Waals surface area (Å²) in [6.45, 7) is 0.179. The summed E-state index contributed by atoms with van der Waals surface area (Å²) in [6.07, 6.45) is 3.50. The van der Waals surface area contributed by atoms with Crippen LogP contribution in [-0.4, -0.2) is 22.7 Å². The molecule has 1 aliphatic rings. The van der Waals surface area contributed by atoms with Gasteiger partial charge in [-0.05, 0) is 54.6 Å². The van der Waals surface area contributed by atoms with Crippen molar-refractivity contribution in [3.63, 3.8) is 0 Å². The Labute approximate surface area is 176 Å². The fourth-order valence-electron chi connectivity index (χ4n) is 2.99. The molecule has 3 heterocycles. The largest absolute Gasteiger partial charge is 0.454 e. The summed E-state index contributed by atoms with van der Waals surface area (Å²) < 4.78 is 10.6. The molecule has 30 heavy (non-hydrogen) atoms. The molecule has 0 aliphatic carbocycles. The van der Waals surface area contributed by atoms with Crippen LogP contribution in [-0.2, 0) is 0 Å². The topological polar surface area (TPSA) is 85.4 Å². The number of rotatable bonds is 5. The Bertz CT molecular complexity index is 1190. The minimum atomic E-state index is -0.212. The highest BCUT2D eigenvalue weighted by atomic mass is 32.1. The number of fused-ring (bicyclic) bond motifs is 1. The van der Waals surface area contributed by atoms with Gasteiger partial charge in [-0.2, -0.15) is 0 Å². The molecule has 0 fully saturated rings. The molecule has 0 saturated heterocycles. The fraction of sp³-hybridized carbons (Fsp3) is 0.0455. The monoisotopic (exact) mass is 416 g/mol. The number of carbonyl (C=O) groups is 1. The van der Waals surface area contributed by atoms with Crippen molar-refractivity contribution in [1.82, 2.24) is 9.97 Å². The van der Waals surface area contributed by atoms with Crippen molar-refractivity contribution in [1.29, 1.82) is 0 Å². The van der Waals surface area contributed by atoms with Crippen LogP contribution in [0.3, 0.4) is 0 Å². The minimum absolute atomic E-state index is 0.179. The van der Waals surface area contributed by atoms with E-state index >= 15 is 0 Å². The lowest BCUT2D eigenvalue weighted by Crippen LogP contribution is -2.11. The molecule has 1 aliphatic heterocycles. The van der Waals surface area contributed by atoms with Gasteiger partial charge in [-0.1, -0.05) is 0 Å². The summed E-state index contributed by atoms with van der Waals surface area (Å²) in [5.74, 6) is 1.02. The first kappa shape index (κ1) is 18.1. The molecule has 2 N–H and O–H groups in total. The number of carbonyl (C=O) groups excluding carboxylic acids is 1. The van der Waals surface area contributed by atoms with Gasteiger partial charge >= 0.3 is 0 Å². The summed E-state index contributed by atoms with van der Waals surface area (Å²) in [5, 5.41) is 8.96. The van der Waals surface area contributed by atoms with E-state index in [-0.39, 0.29) is 12.7 Å². The van der Waals surface area contributed by atoms with Gasteiger partial charge in [0, 0.05) is 40.3 Å². The molecule has 8 heteroatoms. The average Bonchev–Trinajstić information content (AvgIpc) is 3.44. The maximum absolute atomic E-state index is 12.5. The zero-order valence-corrected chi connectivity index (χ0v) is 16.5. The van der Waals surface area contributed by atoms with Gasteiger partial charge in [0.1, 0.15) is 0 Å². The highest BCUT2D eigenvalue weighted by Crippen LogP contribution is 2.33. The average molecular weight is 416 g/mol. The molecule has 1 amide bonds. The number of aromatic nitrogens is 2. The number of hydrogen-bond acceptors (Lipinski definition) is 7. The summed E-state index contributed by atoms with van der Waals surface area (Å²) in [5.41, 5.74) is 4.01. The van der Waals surface area contributed by atoms with Gasteiger partial charge in [0.15, 0.2) is 16.6 Å². The second kappa shape index (κ2) is 7.84. The van der Waals surface area contributed by atoms with Crippen LogP contribution in [0.2, 0.25) is 0 Å². The number of anilines is 3. The third kappa shape index (κ3) is 3.81. The van der Waals surface area contributed by atoms with Crippen molar-refractivity contribution in [2.75, 3.05) is 17.4 Å². The molecule has 0 unspecified atom stereocenters. The third-order valence-corrected chi connectivity index (χ3v) is 5.27. The molecular weight excluding hydrogens is 400 g/mol. The van der Waals surface area contributed by atoms with Gasteiger partial charge in [-0.25, -0.2) is 4.98 Å². The van der Waals surface area contributed by atoms with Gasteiger partial charge in [0.05, 0.1) is 5.69 Å². The quantitative estimate of drug-likeness (QED) is 0.480. The Balaban J connectivity index is 1.24. The van der Waals surface area contributed by atoms with Gasteiger partial charge in [0.2, 0.25) is 6.79 Å². The molecule has 2 aromatic heterocycles. The lowest BCUT2D eigenvalue weighted by molar-refractivity contribution is 0.102. The zero-order valence-electron chi connectivity index (χ0n) is 15.7. The Kier molecular flexibility index (Phi) is 4.74. The third-order valence-electron chi connectivity index (χ3n) is 4.51. The van der Waals surface area contributed by atoms with E-state index in [1.165, 1.54) is 11.3 Å². The number of amides is 1. The number of benzene rings is 2. The summed E-state index contributed by atoms with van der Waals surface area (Å²) in [7, 11) is 0. The second-order valence-electron chi connectivity index (χ2n) is 6.50. The fourth-order valence-corrected chi connectivity index (χ4v) is 3.73. The minimum Gasteiger partial charge on any atom is -0.454 e. The smallest absolute Gasteiger partial charge is 0.255 e. The van der Waals surface area contributed by atoms with Gasteiger partial charge in [0.25, 0.3) is 5.91 Å². The first-order valence-electron chi connectivity index (χ1n) is 9.19. The number of thiazole rings is 1. The number of pyridine rings is 1. The van der Waals surface area contributed by atoms with Gasteiger partial charge in [-0.15, -0.1) is 11.3 Å². The molecule has 5 rings (SSSR count). The van der Waals surface area contributed by atoms with E-state index in [0.717, 1.165) is 22.1 Å². The van der Waals surface area contributed by atoms with Crippen LogP contribution in [0.4, 0.5) is 16.5 Å². The predicted molar refractivity (Wildman–Crippen MR) is 116 cm³/mol. The summed E-state index contributed by atoms with van der Waals surface area (Å²) in [6, 6.07) is 16.4. The van der Waals surface area contributed by atoms with Crippen LogP contribution in [0.25, 0.3) is 11.3 Å². The highest BCUT2D eigenvalue weighted by Gasteiger charge is 2.16. The Morgan fingerprint density at radius 2 is 1.70 bits per heavy atom. The lowest BCUT2D eigenvalue weighted by Gasteiger charge is -2.08. The van der Waals surface area contributed by atoms with Crippen molar-refractivity contribution in [3.8, 4) is 22.8 Å². The van der Waals surface area contributed by atoms with E-state index in [1.54, 1.807) is 30.6 Å². The van der Waals surface area contributed by atoms with Crippen molar-refractivity contribution < 1.29 is 14.3 Å². The molecule has 0 bridgehead atoms. The van der Waals surface area contributed by atoms with Crippen LogP contribution in [0.5, 0.6) is 11.5 Å². The standard InChI is InChI=1S/C22H16N4O3S/c27-21(15-1-6-19-20(11-15)29-13-28-19)24-16-2-4-17(5-3-16)25-22-26-18(12-30-22)14-7-9-23-10-8-14/h1-12H,13H2,(H,24,27)(H,25,26). The Morgan fingerprint density at radius 1 is 0.933 bits per heavy atom. The first-order chi connectivity index (χ1) is 14.7. The van der Waals surface area contributed by atoms with Crippen molar-refractivity contribution >= 4 is 33.8 Å². The Hall–Kier alpha value is -3.91. The van der Waals surface area contributed by atoms with E-state index < -0.39 is 0 Å². The maximum atomic E-state index is 12.5. The second-order valence-corrected chi connectivity index (χ2v) is 7.36. The highest BCUT2D eigenvalue weighted by molar-refractivity contribution is 7.14. The first-order valence-corrected chi connectivity index (χ1v) is 10.1. The lowest BCUT2D eigenvalue weighted by atomic mass is 10.2. The molecule has 0 radical (unpaired) electrons. The van der Waals surface area contributed by atoms with E-state index in [1.807, 2.05) is 41.8 Å². The molecule has 148 valence electrons. The molecule has 7 nitrogen and oxygen atoms in total. The SMILES string of the molecule is O=C(Nc1ccc(Nc2nc(-c3ccncc3)cs2)cc1)c1ccc2c(c1)OCO2. The van der Waals surface area contributed by atoms with E-state index in [2.05, 4.69) is 20.6 Å². The zero-order chi connectivity index (χ0) is 20.3. The maximum Gasteiger partial charge on any atom is 0.255 e. The van der Waals surface area contributed by atoms with Crippen molar-refractivity contribution in [3.05, 3.63) is 77.9 Å². The molecule has 0 spiro atoms. The summed E-state index contributed by atoms with van der Waals surface area (Å²) >= 11 is 1.53. The van der Waals surface area contributed by atoms with E-state index in [4.69, 9.17) is 9.47 Å². The molecule has 2 aromatic carbocycles. The van der Waals surface area contributed by atoms with Gasteiger partial charge < -0.3 is 20.1 Å². The molecular formula is C22H16N4O3S. The van der Waals surface area contributed by atoms with Crippen molar-refractivity contribution in [2.24, 2.45) is 0 Å². The summed E-state index contributed by atoms with van der Waals surface area (Å²) in [4.78, 5) is 21.1. The van der Waals surface area contributed by atoms with Crippen LogP contribution >= 0.6 is 11.3 Å². The van der Waals surface area contributed by atoms with Crippen LogP contribution < -0.4 is 20.1 Å². The number of hydrogen-bond donors (Lipinski definition) is 2.